The van der Waals surface area contributed by atoms with Gasteiger partial charge < -0.3 is 35.4 Å². The zero-order valence-electron chi connectivity index (χ0n) is 9.94. The first-order chi connectivity index (χ1) is 8.84. The van der Waals surface area contributed by atoms with Crippen LogP contribution in [0.3, 0.4) is 0 Å². The first-order valence-corrected chi connectivity index (χ1v) is 5.18. The van der Waals surface area contributed by atoms with Gasteiger partial charge in [-0.25, -0.2) is 4.79 Å². The van der Waals surface area contributed by atoms with Crippen LogP contribution >= 0.6 is 0 Å². The lowest BCUT2D eigenvalue weighted by atomic mass is 9.96. The summed E-state index contributed by atoms with van der Waals surface area (Å²) in [7, 11) is 1.03. The van der Waals surface area contributed by atoms with Gasteiger partial charge in [-0.3, -0.25) is 0 Å². The molecule has 0 aliphatic rings. The minimum atomic E-state index is -1.86. The molecule has 0 radical (unpaired) electrons. The van der Waals surface area contributed by atoms with Crippen molar-refractivity contribution < 1.29 is 40.2 Å². The molecule has 0 aromatic heterocycles. The fourth-order valence-electron chi connectivity index (χ4n) is 1.53. The summed E-state index contributed by atoms with van der Waals surface area (Å²) in [5.74, 6) is -3.76. The smallest absolute Gasteiger partial charge is 0.338 e. The molecule has 8 nitrogen and oxygen atoms in total. The van der Waals surface area contributed by atoms with Gasteiger partial charge in [0.15, 0.2) is 11.5 Å². The van der Waals surface area contributed by atoms with Crippen molar-refractivity contribution >= 4 is 5.97 Å². The lowest BCUT2D eigenvalue weighted by Crippen LogP contribution is -2.24. The highest BCUT2D eigenvalue weighted by Crippen LogP contribution is 2.43. The van der Waals surface area contributed by atoms with Crippen molar-refractivity contribution in [3.05, 3.63) is 17.2 Å². The summed E-state index contributed by atoms with van der Waals surface area (Å²) in [6.45, 7) is -0.844. The van der Waals surface area contributed by atoms with Gasteiger partial charge in [-0.2, -0.15) is 0 Å². The van der Waals surface area contributed by atoms with Crippen LogP contribution in [-0.2, 0) is 4.74 Å². The zero-order valence-corrected chi connectivity index (χ0v) is 9.94. The van der Waals surface area contributed by atoms with Crippen LogP contribution in [0.15, 0.2) is 6.07 Å². The normalized spacial score (nSPS) is 13.9. The van der Waals surface area contributed by atoms with E-state index < -0.39 is 53.2 Å². The summed E-state index contributed by atoms with van der Waals surface area (Å²) in [6.07, 6.45) is -3.55. The van der Waals surface area contributed by atoms with E-state index in [1.54, 1.807) is 0 Å². The molecule has 1 aromatic rings. The van der Waals surface area contributed by atoms with Crippen molar-refractivity contribution in [3.8, 4) is 17.2 Å². The van der Waals surface area contributed by atoms with E-state index in [4.69, 9.17) is 5.11 Å². The Kier molecular flexibility index (Phi) is 4.54. The largest absolute Gasteiger partial charge is 0.504 e. The first-order valence-electron chi connectivity index (χ1n) is 5.18. The van der Waals surface area contributed by atoms with E-state index in [1.807, 2.05) is 0 Å². The Labute approximate surface area is 107 Å². The monoisotopic (exact) mass is 274 g/mol. The predicted octanol–water partition coefficient (Wildman–Crippen LogP) is -1.02. The molecule has 2 atom stereocenters. The number of aliphatic hydroxyl groups is 3. The number of phenols is 3. The molecule has 0 aliphatic heterocycles. The van der Waals surface area contributed by atoms with Crippen LogP contribution in [-0.4, -0.2) is 56.4 Å². The molecule has 1 rings (SSSR count). The Balaban J connectivity index is 3.50. The van der Waals surface area contributed by atoms with Gasteiger partial charge in [0.05, 0.1) is 19.3 Å². The Bertz CT molecular complexity index is 484. The van der Waals surface area contributed by atoms with Gasteiger partial charge in [0.1, 0.15) is 12.2 Å². The van der Waals surface area contributed by atoms with Crippen molar-refractivity contribution in [2.24, 2.45) is 0 Å². The summed E-state index contributed by atoms with van der Waals surface area (Å²) in [5.41, 5.74) is -1.00. The maximum atomic E-state index is 11.5. The van der Waals surface area contributed by atoms with Crippen LogP contribution in [0.4, 0.5) is 0 Å². The van der Waals surface area contributed by atoms with E-state index in [0.717, 1.165) is 13.2 Å². The molecular formula is C11H14O8. The Hall–Kier alpha value is -2.03. The lowest BCUT2D eigenvalue weighted by Gasteiger charge is -2.20. The Morgan fingerprint density at radius 3 is 2.32 bits per heavy atom. The Morgan fingerprint density at radius 1 is 1.26 bits per heavy atom. The number of benzene rings is 1. The second-order valence-electron chi connectivity index (χ2n) is 3.74. The highest BCUT2D eigenvalue weighted by molar-refractivity contribution is 5.93. The minimum absolute atomic E-state index is 0.449. The van der Waals surface area contributed by atoms with Gasteiger partial charge in [-0.15, -0.1) is 0 Å². The fraction of sp³-hybridized carbons (Fsp3) is 0.364. The zero-order chi connectivity index (χ0) is 14.7. The second kappa shape index (κ2) is 5.74. The third-order valence-electron chi connectivity index (χ3n) is 2.55. The maximum absolute atomic E-state index is 11.5. The quantitative estimate of drug-likeness (QED) is 0.302. The van der Waals surface area contributed by atoms with Crippen LogP contribution in [0.2, 0.25) is 0 Å². The summed E-state index contributed by atoms with van der Waals surface area (Å²) in [6, 6.07) is 0.767. The molecule has 0 amide bonds. The number of carbonyl (C=O) groups is 1. The van der Waals surface area contributed by atoms with E-state index in [-0.39, 0.29) is 0 Å². The molecule has 6 N–H and O–H groups in total. The SMILES string of the molecule is COC(=O)c1cc(O)c(O)c(O)c1C(O)C(O)CO. The molecule has 8 heteroatoms. The van der Waals surface area contributed by atoms with Gasteiger partial charge in [0, 0.05) is 5.56 Å². The number of hydrogen-bond acceptors (Lipinski definition) is 8. The van der Waals surface area contributed by atoms with E-state index in [9.17, 15) is 30.3 Å². The number of hydrogen-bond donors (Lipinski definition) is 6. The molecule has 0 saturated heterocycles. The number of aromatic hydroxyl groups is 3. The van der Waals surface area contributed by atoms with Gasteiger partial charge in [0.25, 0.3) is 0 Å². The van der Waals surface area contributed by atoms with Crippen LogP contribution < -0.4 is 0 Å². The maximum Gasteiger partial charge on any atom is 0.338 e. The molecule has 0 bridgehead atoms. The molecule has 1 aromatic carbocycles. The van der Waals surface area contributed by atoms with E-state index in [2.05, 4.69) is 4.74 Å². The fourth-order valence-corrected chi connectivity index (χ4v) is 1.53. The predicted molar refractivity (Wildman–Crippen MR) is 60.8 cm³/mol. The van der Waals surface area contributed by atoms with Crippen molar-refractivity contribution in [3.63, 3.8) is 0 Å². The highest BCUT2D eigenvalue weighted by Gasteiger charge is 2.30. The third-order valence-corrected chi connectivity index (χ3v) is 2.55. The van der Waals surface area contributed by atoms with Gasteiger partial charge in [0.2, 0.25) is 5.75 Å². The van der Waals surface area contributed by atoms with Gasteiger partial charge >= 0.3 is 5.97 Å². The number of methoxy groups -OCH3 is 1. The van der Waals surface area contributed by atoms with E-state index in [1.165, 1.54) is 0 Å². The summed E-state index contributed by atoms with van der Waals surface area (Å²) < 4.78 is 4.39. The van der Waals surface area contributed by atoms with E-state index >= 15 is 0 Å². The molecule has 106 valence electrons. The van der Waals surface area contributed by atoms with Crippen LogP contribution in [0.1, 0.15) is 22.0 Å². The van der Waals surface area contributed by atoms with Crippen LogP contribution in [0, 0.1) is 0 Å². The number of ether oxygens (including phenoxy) is 1. The van der Waals surface area contributed by atoms with E-state index in [0.29, 0.717) is 0 Å². The molecule has 0 spiro atoms. The van der Waals surface area contributed by atoms with Crippen LogP contribution in [0.25, 0.3) is 0 Å². The topological polar surface area (TPSA) is 148 Å². The first kappa shape index (κ1) is 15.0. The average Bonchev–Trinajstić information content (AvgIpc) is 2.41. The molecule has 2 unspecified atom stereocenters. The standard InChI is InChI=1S/C11H14O8/c1-19-11(18)4-2-5(13)9(16)10(17)7(4)8(15)6(14)3-12/h2,6,8,12-17H,3H2,1H3. The van der Waals surface area contributed by atoms with Crippen LogP contribution in [0.5, 0.6) is 17.2 Å². The summed E-state index contributed by atoms with van der Waals surface area (Å²) >= 11 is 0. The van der Waals surface area contributed by atoms with Gasteiger partial charge in [-0.1, -0.05) is 0 Å². The summed E-state index contributed by atoms with van der Waals surface area (Å²) in [5, 5.41) is 56.2. The Morgan fingerprint density at radius 2 is 1.84 bits per heavy atom. The molecule has 19 heavy (non-hydrogen) atoms. The van der Waals surface area contributed by atoms with Crippen molar-refractivity contribution in [1.82, 2.24) is 0 Å². The molecule has 0 aliphatic carbocycles. The third kappa shape index (κ3) is 2.70. The lowest BCUT2D eigenvalue weighted by molar-refractivity contribution is -0.0170. The van der Waals surface area contributed by atoms with Crippen molar-refractivity contribution in [1.29, 1.82) is 0 Å². The number of carbonyl (C=O) groups excluding carboxylic acids is 1. The molecular weight excluding hydrogens is 260 g/mol. The highest BCUT2D eigenvalue weighted by atomic mass is 16.5. The number of aliphatic hydroxyl groups excluding tert-OH is 3. The number of phenolic OH excluding ortho intramolecular Hbond substituents is 3. The summed E-state index contributed by atoms with van der Waals surface area (Å²) in [4.78, 5) is 11.5. The van der Waals surface area contributed by atoms with Gasteiger partial charge in [-0.05, 0) is 6.07 Å². The second-order valence-corrected chi connectivity index (χ2v) is 3.74. The van der Waals surface area contributed by atoms with Crippen molar-refractivity contribution in [2.75, 3.05) is 13.7 Å². The van der Waals surface area contributed by atoms with Crippen molar-refractivity contribution in [2.45, 2.75) is 12.2 Å². The molecule has 0 saturated carbocycles. The number of esters is 1. The average molecular weight is 274 g/mol. The number of rotatable bonds is 4. The molecule has 0 heterocycles. The molecule has 0 fully saturated rings. The minimum Gasteiger partial charge on any atom is -0.504 e.